The average molecular weight is 424 g/mol. The Hall–Kier alpha value is -1.69. The molecule has 0 radical (unpaired) electrons. The van der Waals surface area contributed by atoms with Crippen molar-refractivity contribution in [3.63, 3.8) is 0 Å². The molecule has 3 aliphatic rings. The number of ether oxygens (including phenoxy) is 2. The minimum Gasteiger partial charge on any atom is -0.496 e. The third kappa shape index (κ3) is 4.17. The van der Waals surface area contributed by atoms with Crippen LogP contribution in [0.3, 0.4) is 0 Å². The second-order valence-electron chi connectivity index (χ2n) is 7.78. The second kappa shape index (κ2) is 7.97. The molecule has 4 rings (SSSR count). The zero-order valence-electron chi connectivity index (χ0n) is 15.4. The van der Waals surface area contributed by atoms with Crippen LogP contribution >= 0.6 is 23.2 Å². The fraction of sp³-hybridized carbons (Fsp3) is 0.476. The summed E-state index contributed by atoms with van der Waals surface area (Å²) in [6.45, 7) is 1.37. The van der Waals surface area contributed by atoms with E-state index in [0.29, 0.717) is 35.7 Å². The van der Waals surface area contributed by atoms with Gasteiger partial charge in [-0.1, -0.05) is 29.3 Å². The van der Waals surface area contributed by atoms with Crippen LogP contribution in [0.15, 0.2) is 41.9 Å². The van der Waals surface area contributed by atoms with Crippen molar-refractivity contribution < 1.29 is 19.4 Å². The smallest absolute Gasteiger partial charge is 0.310 e. The molecule has 0 amide bonds. The molecule has 1 saturated heterocycles. The molecule has 0 spiro atoms. The van der Waals surface area contributed by atoms with Crippen molar-refractivity contribution in [2.75, 3.05) is 13.2 Å². The normalized spacial score (nSPS) is 25.1. The number of aliphatic carboxylic acids is 1. The Morgan fingerprint density at radius 3 is 2.75 bits per heavy atom. The Labute approximate surface area is 174 Å². The van der Waals surface area contributed by atoms with E-state index in [1.807, 2.05) is 12.1 Å². The maximum Gasteiger partial charge on any atom is 0.310 e. The van der Waals surface area contributed by atoms with E-state index in [2.05, 4.69) is 11.4 Å². The number of hydrogen-bond acceptors (Lipinski definition) is 4. The fourth-order valence-corrected chi connectivity index (χ4v) is 4.20. The van der Waals surface area contributed by atoms with Crippen molar-refractivity contribution in [3.05, 3.63) is 57.5 Å². The molecule has 1 aromatic rings. The maximum atomic E-state index is 11.3. The van der Waals surface area contributed by atoms with Gasteiger partial charge in [0.15, 0.2) is 0 Å². The predicted octanol–water partition coefficient (Wildman–Crippen LogP) is 4.54. The van der Waals surface area contributed by atoms with Gasteiger partial charge in [-0.05, 0) is 43.9 Å². The van der Waals surface area contributed by atoms with Crippen LogP contribution in [-0.4, -0.2) is 30.3 Å². The van der Waals surface area contributed by atoms with E-state index in [0.717, 1.165) is 42.8 Å². The molecule has 150 valence electrons. The Morgan fingerprint density at radius 2 is 2.07 bits per heavy atom. The number of carboxylic acids is 1. The summed E-state index contributed by atoms with van der Waals surface area (Å²) in [7, 11) is 0. The highest BCUT2D eigenvalue weighted by atomic mass is 35.5. The highest BCUT2D eigenvalue weighted by Crippen LogP contribution is 2.45. The van der Waals surface area contributed by atoms with Gasteiger partial charge in [0.1, 0.15) is 24.7 Å². The summed E-state index contributed by atoms with van der Waals surface area (Å²) in [5, 5.41) is 13.9. The van der Waals surface area contributed by atoms with Gasteiger partial charge in [0.2, 0.25) is 0 Å². The number of carboxylic acid groups (broad SMARTS) is 1. The van der Waals surface area contributed by atoms with E-state index < -0.39 is 11.4 Å². The molecule has 2 aliphatic carbocycles. The van der Waals surface area contributed by atoms with Gasteiger partial charge in [-0.2, -0.15) is 0 Å². The monoisotopic (exact) mass is 423 g/mol. The van der Waals surface area contributed by atoms with E-state index in [1.165, 1.54) is 0 Å². The minimum absolute atomic E-state index is 0.178. The van der Waals surface area contributed by atoms with Gasteiger partial charge in [0.05, 0.1) is 5.41 Å². The molecule has 0 aromatic heterocycles. The molecule has 2 fully saturated rings. The Morgan fingerprint density at radius 1 is 1.32 bits per heavy atom. The first kappa shape index (κ1) is 19.6. The lowest BCUT2D eigenvalue weighted by molar-refractivity contribution is -0.143. The van der Waals surface area contributed by atoms with Crippen LogP contribution in [0.5, 0.6) is 0 Å². The first-order chi connectivity index (χ1) is 13.5. The number of hydrogen-bond donors (Lipinski definition) is 2. The van der Waals surface area contributed by atoms with Crippen LogP contribution in [0, 0.1) is 11.3 Å². The summed E-state index contributed by atoms with van der Waals surface area (Å²) in [5.41, 5.74) is 0.220. The molecule has 2 unspecified atom stereocenters. The molecule has 1 aliphatic heterocycles. The van der Waals surface area contributed by atoms with Crippen LogP contribution < -0.4 is 5.32 Å². The number of fused-ring (bicyclic) bond motifs is 1. The zero-order chi connectivity index (χ0) is 19.7. The SMILES string of the molecule is O=C(O)C1(CNC2COC3=CC(OCc4c(Cl)cccc4Cl)=CCC3C2)CC1. The highest BCUT2D eigenvalue weighted by molar-refractivity contribution is 6.35. The van der Waals surface area contributed by atoms with E-state index >= 15 is 0 Å². The van der Waals surface area contributed by atoms with Gasteiger partial charge in [-0.25, -0.2) is 0 Å². The third-order valence-electron chi connectivity index (χ3n) is 5.79. The number of allylic oxidation sites excluding steroid dienone is 3. The first-order valence-corrected chi connectivity index (χ1v) is 10.3. The predicted molar refractivity (Wildman–Crippen MR) is 107 cm³/mol. The van der Waals surface area contributed by atoms with Crippen molar-refractivity contribution in [2.45, 2.75) is 38.3 Å². The summed E-state index contributed by atoms with van der Waals surface area (Å²) >= 11 is 12.4. The molecule has 1 saturated carbocycles. The van der Waals surface area contributed by atoms with Gasteiger partial charge in [-0.15, -0.1) is 0 Å². The molecule has 2 atom stereocenters. The summed E-state index contributed by atoms with van der Waals surface area (Å²) in [5.74, 6) is 1.29. The highest BCUT2D eigenvalue weighted by Gasteiger charge is 2.50. The van der Waals surface area contributed by atoms with Crippen molar-refractivity contribution in [3.8, 4) is 0 Å². The third-order valence-corrected chi connectivity index (χ3v) is 6.50. The number of rotatable bonds is 7. The first-order valence-electron chi connectivity index (χ1n) is 9.54. The van der Waals surface area contributed by atoms with Gasteiger partial charge in [-0.3, -0.25) is 4.79 Å². The fourth-order valence-electron chi connectivity index (χ4n) is 3.70. The lowest BCUT2D eigenvalue weighted by Gasteiger charge is -2.34. The van der Waals surface area contributed by atoms with Crippen molar-refractivity contribution in [2.24, 2.45) is 11.3 Å². The Bertz CT molecular complexity index is 811. The van der Waals surface area contributed by atoms with Crippen molar-refractivity contribution >= 4 is 29.2 Å². The second-order valence-corrected chi connectivity index (χ2v) is 8.60. The van der Waals surface area contributed by atoms with Crippen molar-refractivity contribution in [1.29, 1.82) is 0 Å². The average Bonchev–Trinajstić information content (AvgIpc) is 3.47. The van der Waals surface area contributed by atoms with Gasteiger partial charge in [0, 0.05) is 40.2 Å². The quantitative estimate of drug-likeness (QED) is 0.673. The molecule has 1 aromatic carbocycles. The standard InChI is InChI=1S/C21H23Cl2NO4/c22-17-2-1-3-18(23)16(17)11-27-15-5-4-13-8-14(10-28-19(13)9-15)24-12-21(6-7-21)20(25)26/h1-3,5,9,13-14,24H,4,6-8,10-12H2,(H,25,26). The topological polar surface area (TPSA) is 67.8 Å². The van der Waals surface area contributed by atoms with Crippen LogP contribution in [0.1, 0.15) is 31.2 Å². The van der Waals surface area contributed by atoms with Crippen LogP contribution in [0.2, 0.25) is 10.0 Å². The Kier molecular flexibility index (Phi) is 5.59. The van der Waals surface area contributed by atoms with E-state index in [1.54, 1.807) is 12.1 Å². The number of benzene rings is 1. The molecule has 7 heteroatoms. The maximum absolute atomic E-state index is 11.3. The summed E-state index contributed by atoms with van der Waals surface area (Å²) in [6, 6.07) is 5.58. The molecule has 1 heterocycles. The largest absolute Gasteiger partial charge is 0.496 e. The van der Waals surface area contributed by atoms with Crippen LogP contribution in [0.4, 0.5) is 0 Å². The summed E-state index contributed by atoms with van der Waals surface area (Å²) < 4.78 is 11.8. The van der Waals surface area contributed by atoms with Gasteiger partial charge in [0.25, 0.3) is 0 Å². The van der Waals surface area contributed by atoms with E-state index in [9.17, 15) is 9.90 Å². The summed E-state index contributed by atoms with van der Waals surface area (Å²) in [6.07, 6.45) is 7.28. The Balaban J connectivity index is 1.29. The van der Waals surface area contributed by atoms with Gasteiger partial charge >= 0.3 is 5.97 Å². The molecular formula is C21H23Cl2NO4. The zero-order valence-corrected chi connectivity index (χ0v) is 16.9. The molecular weight excluding hydrogens is 401 g/mol. The van der Waals surface area contributed by atoms with E-state index in [-0.39, 0.29) is 6.04 Å². The number of nitrogens with one attached hydrogen (secondary N) is 1. The molecule has 0 bridgehead atoms. The van der Waals surface area contributed by atoms with Crippen LogP contribution in [0.25, 0.3) is 0 Å². The lowest BCUT2D eigenvalue weighted by Crippen LogP contribution is -2.43. The molecule has 5 nitrogen and oxygen atoms in total. The molecule has 2 N–H and O–H groups in total. The summed E-state index contributed by atoms with van der Waals surface area (Å²) in [4.78, 5) is 11.3. The van der Waals surface area contributed by atoms with Gasteiger partial charge < -0.3 is 19.9 Å². The van der Waals surface area contributed by atoms with E-state index in [4.69, 9.17) is 32.7 Å². The number of carbonyl (C=O) groups is 1. The number of halogens is 2. The lowest BCUT2D eigenvalue weighted by atomic mass is 9.88. The minimum atomic E-state index is -0.696. The molecule has 28 heavy (non-hydrogen) atoms. The van der Waals surface area contributed by atoms with Crippen LogP contribution in [-0.2, 0) is 20.9 Å². The van der Waals surface area contributed by atoms with Crippen molar-refractivity contribution in [1.82, 2.24) is 5.32 Å².